The summed E-state index contributed by atoms with van der Waals surface area (Å²) in [4.78, 5) is 0. The van der Waals surface area contributed by atoms with Gasteiger partial charge in [-0.25, -0.2) is 8.78 Å². The number of hydrogen-bond donors (Lipinski definition) is 0. The van der Waals surface area contributed by atoms with Crippen LogP contribution in [0.4, 0.5) is 22.0 Å². The van der Waals surface area contributed by atoms with E-state index in [1.54, 1.807) is 0 Å². The fourth-order valence-corrected chi connectivity index (χ4v) is 1.95. The van der Waals surface area contributed by atoms with Crippen LogP contribution in [0.15, 0.2) is 42.5 Å². The predicted molar refractivity (Wildman–Crippen MR) is 70.1 cm³/mol. The van der Waals surface area contributed by atoms with Gasteiger partial charge in [-0.3, -0.25) is 0 Å². The molecule has 2 rings (SSSR count). The Kier molecular flexibility index (Phi) is 4.54. The van der Waals surface area contributed by atoms with Crippen LogP contribution in [0.25, 0.3) is 11.1 Å². The zero-order valence-electron chi connectivity index (χ0n) is 11.3. The lowest BCUT2D eigenvalue weighted by molar-refractivity contribution is -0.274. The molecule has 0 spiro atoms. The average molecular weight is 318 g/mol. The molecule has 7 heteroatoms. The molecule has 0 aliphatic carbocycles. The highest BCUT2D eigenvalue weighted by Gasteiger charge is 2.31. The monoisotopic (exact) mass is 318 g/mol. The molecule has 0 heterocycles. The van der Waals surface area contributed by atoms with E-state index < -0.39 is 18.5 Å². The Morgan fingerprint density at radius 1 is 0.909 bits per heavy atom. The molecule has 0 aliphatic rings. The fourth-order valence-electron chi connectivity index (χ4n) is 1.95. The van der Waals surface area contributed by atoms with Gasteiger partial charge in [-0.2, -0.15) is 0 Å². The summed E-state index contributed by atoms with van der Waals surface area (Å²) < 4.78 is 71.1. The van der Waals surface area contributed by atoms with Gasteiger partial charge in [0.1, 0.15) is 11.5 Å². The highest BCUT2D eigenvalue weighted by atomic mass is 19.4. The summed E-state index contributed by atoms with van der Waals surface area (Å²) in [5.41, 5.74) is 0.311. The minimum Gasteiger partial charge on any atom is -0.497 e. The van der Waals surface area contributed by atoms with E-state index in [4.69, 9.17) is 4.74 Å². The van der Waals surface area contributed by atoms with Gasteiger partial charge < -0.3 is 9.47 Å². The number of halogens is 5. The Bertz CT molecular complexity index is 635. The standard InChI is InChI=1S/C15H11F5O2/c1-21-11-6-7-12(13(8-11)14(16)17)9-2-4-10(5-3-9)22-15(18,19)20/h2-8,14H,1H3. The van der Waals surface area contributed by atoms with Crippen molar-refractivity contribution in [2.75, 3.05) is 7.11 Å². The lowest BCUT2D eigenvalue weighted by Crippen LogP contribution is -2.16. The summed E-state index contributed by atoms with van der Waals surface area (Å²) in [6.07, 6.45) is -7.54. The molecule has 0 amide bonds. The molecular formula is C15H11F5O2. The van der Waals surface area contributed by atoms with Crippen LogP contribution in [-0.4, -0.2) is 13.5 Å². The Labute approximate surface area is 123 Å². The van der Waals surface area contributed by atoms with E-state index in [-0.39, 0.29) is 16.9 Å². The van der Waals surface area contributed by atoms with Crippen molar-refractivity contribution in [3.05, 3.63) is 48.0 Å². The topological polar surface area (TPSA) is 18.5 Å². The Hall–Kier alpha value is -2.31. The van der Waals surface area contributed by atoms with E-state index in [1.165, 1.54) is 37.4 Å². The van der Waals surface area contributed by atoms with E-state index in [0.29, 0.717) is 5.56 Å². The zero-order chi connectivity index (χ0) is 16.3. The molecule has 22 heavy (non-hydrogen) atoms. The predicted octanol–water partition coefficient (Wildman–Crippen LogP) is 5.20. The Balaban J connectivity index is 2.36. The third kappa shape index (κ3) is 3.87. The zero-order valence-corrected chi connectivity index (χ0v) is 11.3. The number of rotatable bonds is 4. The van der Waals surface area contributed by atoms with Crippen molar-refractivity contribution in [3.8, 4) is 22.6 Å². The first-order chi connectivity index (χ1) is 10.3. The highest BCUT2D eigenvalue weighted by Crippen LogP contribution is 2.35. The molecule has 2 nitrogen and oxygen atoms in total. The first kappa shape index (κ1) is 16.1. The van der Waals surface area contributed by atoms with Crippen LogP contribution >= 0.6 is 0 Å². The second-order valence-corrected chi connectivity index (χ2v) is 4.33. The number of methoxy groups -OCH3 is 1. The van der Waals surface area contributed by atoms with Gasteiger partial charge in [0.2, 0.25) is 0 Å². The summed E-state index contributed by atoms with van der Waals surface area (Å²) in [5, 5.41) is 0. The lowest BCUT2D eigenvalue weighted by Gasteiger charge is -2.12. The third-order valence-electron chi connectivity index (χ3n) is 2.89. The molecule has 0 aromatic heterocycles. The largest absolute Gasteiger partial charge is 0.573 e. The van der Waals surface area contributed by atoms with Crippen LogP contribution in [0.2, 0.25) is 0 Å². The Morgan fingerprint density at radius 2 is 1.50 bits per heavy atom. The maximum atomic E-state index is 13.1. The summed E-state index contributed by atoms with van der Waals surface area (Å²) >= 11 is 0. The molecule has 0 fully saturated rings. The van der Waals surface area contributed by atoms with Gasteiger partial charge in [-0.05, 0) is 35.4 Å². The molecular weight excluding hydrogens is 307 g/mol. The van der Waals surface area contributed by atoms with E-state index >= 15 is 0 Å². The molecule has 0 aliphatic heterocycles. The van der Waals surface area contributed by atoms with Crippen LogP contribution in [-0.2, 0) is 0 Å². The van der Waals surface area contributed by atoms with Crippen LogP contribution in [0, 0.1) is 0 Å². The van der Waals surface area contributed by atoms with Gasteiger partial charge in [-0.15, -0.1) is 13.2 Å². The molecule has 118 valence electrons. The van der Waals surface area contributed by atoms with Gasteiger partial charge in [0.15, 0.2) is 0 Å². The molecule has 0 unspecified atom stereocenters. The summed E-state index contributed by atoms with van der Waals surface area (Å²) in [6, 6.07) is 8.84. The first-order valence-corrected chi connectivity index (χ1v) is 6.12. The quantitative estimate of drug-likeness (QED) is 0.722. The fraction of sp³-hybridized carbons (Fsp3) is 0.200. The minimum atomic E-state index is -4.80. The van der Waals surface area contributed by atoms with E-state index in [0.717, 1.165) is 12.1 Å². The molecule has 0 bridgehead atoms. The van der Waals surface area contributed by atoms with Gasteiger partial charge in [0.05, 0.1) is 7.11 Å². The third-order valence-corrected chi connectivity index (χ3v) is 2.89. The first-order valence-electron chi connectivity index (χ1n) is 6.12. The molecule has 2 aromatic carbocycles. The summed E-state index contributed by atoms with van der Waals surface area (Å²) in [7, 11) is 1.35. The number of hydrogen-bond acceptors (Lipinski definition) is 2. The van der Waals surface area contributed by atoms with Crippen molar-refractivity contribution in [2.24, 2.45) is 0 Å². The lowest BCUT2D eigenvalue weighted by atomic mass is 9.99. The molecule has 0 radical (unpaired) electrons. The van der Waals surface area contributed by atoms with E-state index in [1.807, 2.05) is 0 Å². The van der Waals surface area contributed by atoms with E-state index in [2.05, 4.69) is 4.74 Å². The molecule has 0 atom stereocenters. The van der Waals surface area contributed by atoms with Crippen LogP contribution in [0.1, 0.15) is 12.0 Å². The van der Waals surface area contributed by atoms with Crippen molar-refractivity contribution in [2.45, 2.75) is 12.8 Å². The number of alkyl halides is 5. The van der Waals surface area contributed by atoms with Crippen LogP contribution in [0.3, 0.4) is 0 Å². The maximum absolute atomic E-state index is 13.1. The average Bonchev–Trinajstić information content (AvgIpc) is 2.45. The smallest absolute Gasteiger partial charge is 0.497 e. The van der Waals surface area contributed by atoms with Gasteiger partial charge in [0, 0.05) is 5.56 Å². The van der Waals surface area contributed by atoms with Crippen LogP contribution in [0.5, 0.6) is 11.5 Å². The van der Waals surface area contributed by atoms with Crippen molar-refractivity contribution in [1.29, 1.82) is 0 Å². The Morgan fingerprint density at radius 3 is 2.00 bits per heavy atom. The van der Waals surface area contributed by atoms with E-state index in [9.17, 15) is 22.0 Å². The van der Waals surface area contributed by atoms with Gasteiger partial charge >= 0.3 is 6.36 Å². The maximum Gasteiger partial charge on any atom is 0.573 e. The molecule has 0 N–H and O–H groups in total. The molecule has 0 saturated heterocycles. The molecule has 2 aromatic rings. The number of benzene rings is 2. The number of ether oxygens (including phenoxy) is 2. The van der Waals surface area contributed by atoms with Crippen molar-refractivity contribution >= 4 is 0 Å². The van der Waals surface area contributed by atoms with Gasteiger partial charge in [0.25, 0.3) is 6.43 Å². The van der Waals surface area contributed by atoms with Gasteiger partial charge in [-0.1, -0.05) is 18.2 Å². The summed E-state index contributed by atoms with van der Waals surface area (Å²) in [5.74, 6) is -0.139. The SMILES string of the molecule is COc1ccc(-c2ccc(OC(F)(F)F)cc2)c(C(F)F)c1. The van der Waals surface area contributed by atoms with Crippen molar-refractivity contribution in [3.63, 3.8) is 0 Å². The second-order valence-electron chi connectivity index (χ2n) is 4.33. The minimum absolute atomic E-state index is 0.217. The highest BCUT2D eigenvalue weighted by molar-refractivity contribution is 5.69. The van der Waals surface area contributed by atoms with Crippen LogP contribution < -0.4 is 9.47 Å². The van der Waals surface area contributed by atoms with Crippen molar-refractivity contribution in [1.82, 2.24) is 0 Å². The molecule has 0 saturated carbocycles. The normalized spacial score (nSPS) is 11.6. The van der Waals surface area contributed by atoms with Crippen molar-refractivity contribution < 1.29 is 31.4 Å². The summed E-state index contributed by atoms with van der Waals surface area (Å²) in [6.45, 7) is 0. The second kappa shape index (κ2) is 6.21.